The van der Waals surface area contributed by atoms with Crippen molar-refractivity contribution in [1.29, 1.82) is 0 Å². The third-order valence-corrected chi connectivity index (χ3v) is 4.47. The fourth-order valence-electron chi connectivity index (χ4n) is 2.54. The maximum absolute atomic E-state index is 11.7. The minimum Gasteiger partial charge on any atom is -0.357 e. The van der Waals surface area contributed by atoms with Crippen molar-refractivity contribution < 1.29 is 4.79 Å². The van der Waals surface area contributed by atoms with Gasteiger partial charge >= 0.3 is 0 Å². The summed E-state index contributed by atoms with van der Waals surface area (Å²) >= 11 is 1.66. The van der Waals surface area contributed by atoms with E-state index in [1.54, 1.807) is 11.3 Å². The lowest BCUT2D eigenvalue weighted by Gasteiger charge is -2.16. The van der Waals surface area contributed by atoms with Crippen LogP contribution < -0.4 is 5.32 Å². The van der Waals surface area contributed by atoms with E-state index in [2.05, 4.69) is 41.5 Å². The largest absolute Gasteiger partial charge is 0.357 e. The molecule has 5 heteroatoms. The van der Waals surface area contributed by atoms with Crippen molar-refractivity contribution in [3.63, 3.8) is 0 Å². The van der Waals surface area contributed by atoms with Gasteiger partial charge in [0.2, 0.25) is 5.91 Å². The van der Waals surface area contributed by atoms with Crippen LogP contribution in [0.4, 0.5) is 5.13 Å². The molecule has 2 heterocycles. The molecule has 0 radical (unpaired) electrons. The zero-order valence-electron chi connectivity index (χ0n) is 12.1. The molecule has 1 N–H and O–H groups in total. The maximum Gasteiger partial charge on any atom is 0.222 e. The lowest BCUT2D eigenvalue weighted by Crippen LogP contribution is -2.23. The SMILES string of the molecule is Cc1cnc(NCc2cccc(CN3CCCC3=O)c2)s1. The predicted octanol–water partition coefficient (Wildman–Crippen LogP) is 3.19. The number of anilines is 1. The van der Waals surface area contributed by atoms with E-state index < -0.39 is 0 Å². The summed E-state index contributed by atoms with van der Waals surface area (Å²) in [5.41, 5.74) is 2.41. The second kappa shape index (κ2) is 6.26. The number of likely N-dealkylation sites (tertiary alicyclic amines) is 1. The molecule has 0 atom stereocenters. The highest BCUT2D eigenvalue weighted by atomic mass is 32.1. The second-order valence-electron chi connectivity index (χ2n) is 5.37. The zero-order chi connectivity index (χ0) is 14.7. The van der Waals surface area contributed by atoms with Crippen LogP contribution in [0.1, 0.15) is 28.8 Å². The molecule has 3 rings (SSSR count). The van der Waals surface area contributed by atoms with Gasteiger partial charge in [0.15, 0.2) is 5.13 Å². The smallest absolute Gasteiger partial charge is 0.222 e. The Morgan fingerprint density at radius 2 is 2.24 bits per heavy atom. The predicted molar refractivity (Wildman–Crippen MR) is 85.3 cm³/mol. The molecular formula is C16H19N3OS. The van der Waals surface area contributed by atoms with Crippen molar-refractivity contribution in [3.05, 3.63) is 46.5 Å². The number of nitrogens with one attached hydrogen (secondary N) is 1. The van der Waals surface area contributed by atoms with Crippen molar-refractivity contribution in [2.24, 2.45) is 0 Å². The van der Waals surface area contributed by atoms with Crippen LogP contribution in [0.2, 0.25) is 0 Å². The lowest BCUT2D eigenvalue weighted by molar-refractivity contribution is -0.128. The van der Waals surface area contributed by atoms with Crippen LogP contribution in [-0.2, 0) is 17.9 Å². The van der Waals surface area contributed by atoms with E-state index >= 15 is 0 Å². The van der Waals surface area contributed by atoms with Crippen LogP contribution in [-0.4, -0.2) is 22.3 Å². The summed E-state index contributed by atoms with van der Waals surface area (Å²) in [5.74, 6) is 0.275. The topological polar surface area (TPSA) is 45.2 Å². The highest BCUT2D eigenvalue weighted by Crippen LogP contribution is 2.18. The van der Waals surface area contributed by atoms with Crippen LogP contribution in [0.25, 0.3) is 0 Å². The van der Waals surface area contributed by atoms with Crippen molar-refractivity contribution in [1.82, 2.24) is 9.88 Å². The Morgan fingerprint density at radius 1 is 1.38 bits per heavy atom. The van der Waals surface area contributed by atoms with Crippen LogP contribution in [0, 0.1) is 6.92 Å². The minimum absolute atomic E-state index is 0.275. The zero-order valence-corrected chi connectivity index (χ0v) is 12.9. The number of thiazole rings is 1. The number of nitrogens with zero attached hydrogens (tertiary/aromatic N) is 2. The molecule has 1 aliphatic rings. The molecule has 0 saturated carbocycles. The van der Waals surface area contributed by atoms with Gasteiger partial charge in [0.1, 0.15) is 0 Å². The van der Waals surface area contributed by atoms with Crippen molar-refractivity contribution in [3.8, 4) is 0 Å². The van der Waals surface area contributed by atoms with E-state index in [1.807, 2.05) is 11.1 Å². The van der Waals surface area contributed by atoms with Crippen LogP contribution in [0.5, 0.6) is 0 Å². The summed E-state index contributed by atoms with van der Waals surface area (Å²) in [4.78, 5) is 19.1. The van der Waals surface area contributed by atoms with Gasteiger partial charge in [-0.1, -0.05) is 24.3 Å². The van der Waals surface area contributed by atoms with Gasteiger partial charge in [-0.05, 0) is 24.5 Å². The molecule has 0 spiro atoms. The number of carbonyl (C=O) groups excluding carboxylic acids is 1. The number of aromatic nitrogens is 1. The highest BCUT2D eigenvalue weighted by molar-refractivity contribution is 7.15. The summed E-state index contributed by atoms with van der Waals surface area (Å²) in [5, 5.41) is 4.29. The Hall–Kier alpha value is -1.88. The molecule has 21 heavy (non-hydrogen) atoms. The summed E-state index contributed by atoms with van der Waals surface area (Å²) in [6.45, 7) is 4.42. The molecule has 1 fully saturated rings. The van der Waals surface area contributed by atoms with Crippen LogP contribution >= 0.6 is 11.3 Å². The van der Waals surface area contributed by atoms with Gasteiger partial charge in [0, 0.05) is 37.1 Å². The molecular weight excluding hydrogens is 282 g/mol. The first-order valence-electron chi connectivity index (χ1n) is 7.22. The van der Waals surface area contributed by atoms with Crippen LogP contribution in [0.15, 0.2) is 30.5 Å². The van der Waals surface area contributed by atoms with Crippen LogP contribution in [0.3, 0.4) is 0 Å². The Labute approximate surface area is 128 Å². The molecule has 1 aliphatic heterocycles. The number of hydrogen-bond acceptors (Lipinski definition) is 4. The molecule has 1 amide bonds. The summed E-state index contributed by atoms with van der Waals surface area (Å²) < 4.78 is 0. The average molecular weight is 301 g/mol. The molecule has 0 bridgehead atoms. The Balaban J connectivity index is 1.61. The second-order valence-corrected chi connectivity index (χ2v) is 6.60. The number of aryl methyl sites for hydroxylation is 1. The standard InChI is InChI=1S/C16H19N3OS/c1-12-9-17-16(21-12)18-10-13-4-2-5-14(8-13)11-19-7-3-6-15(19)20/h2,4-5,8-9H,3,6-7,10-11H2,1H3,(H,17,18). The van der Waals surface area contributed by atoms with E-state index in [0.29, 0.717) is 6.42 Å². The number of amides is 1. The van der Waals surface area contributed by atoms with Gasteiger partial charge in [0.25, 0.3) is 0 Å². The first-order chi connectivity index (χ1) is 10.2. The normalized spacial score (nSPS) is 14.7. The van der Waals surface area contributed by atoms with Crippen molar-refractivity contribution in [2.45, 2.75) is 32.9 Å². The summed E-state index contributed by atoms with van der Waals surface area (Å²) in [7, 11) is 0. The number of hydrogen-bond donors (Lipinski definition) is 1. The highest BCUT2D eigenvalue weighted by Gasteiger charge is 2.19. The van der Waals surface area contributed by atoms with Gasteiger partial charge < -0.3 is 10.2 Å². The lowest BCUT2D eigenvalue weighted by atomic mass is 10.1. The van der Waals surface area contributed by atoms with E-state index in [4.69, 9.17) is 0 Å². The van der Waals surface area contributed by atoms with Crippen molar-refractivity contribution >= 4 is 22.4 Å². The van der Waals surface area contributed by atoms with E-state index in [1.165, 1.54) is 16.0 Å². The molecule has 0 unspecified atom stereocenters. The third kappa shape index (κ3) is 3.61. The molecule has 1 aromatic heterocycles. The van der Waals surface area contributed by atoms with Gasteiger partial charge in [-0.2, -0.15) is 0 Å². The molecule has 4 nitrogen and oxygen atoms in total. The third-order valence-electron chi connectivity index (χ3n) is 3.60. The molecule has 110 valence electrons. The Bertz CT molecular complexity index is 638. The van der Waals surface area contributed by atoms with E-state index in [-0.39, 0.29) is 5.91 Å². The summed E-state index contributed by atoms with van der Waals surface area (Å²) in [6.07, 6.45) is 3.57. The number of carbonyl (C=O) groups is 1. The number of benzene rings is 1. The number of rotatable bonds is 5. The monoisotopic (exact) mass is 301 g/mol. The molecule has 1 saturated heterocycles. The average Bonchev–Trinajstić information content (AvgIpc) is 3.07. The van der Waals surface area contributed by atoms with Gasteiger partial charge in [-0.3, -0.25) is 4.79 Å². The van der Waals surface area contributed by atoms with E-state index in [9.17, 15) is 4.79 Å². The van der Waals surface area contributed by atoms with Gasteiger partial charge in [-0.25, -0.2) is 4.98 Å². The first-order valence-corrected chi connectivity index (χ1v) is 8.04. The van der Waals surface area contributed by atoms with Gasteiger partial charge in [-0.15, -0.1) is 11.3 Å². The fourth-order valence-corrected chi connectivity index (χ4v) is 3.20. The molecule has 0 aliphatic carbocycles. The minimum atomic E-state index is 0.275. The van der Waals surface area contributed by atoms with Gasteiger partial charge in [0.05, 0.1) is 0 Å². The van der Waals surface area contributed by atoms with E-state index in [0.717, 1.165) is 31.2 Å². The Kier molecular flexibility index (Phi) is 4.20. The maximum atomic E-state index is 11.7. The summed E-state index contributed by atoms with van der Waals surface area (Å²) in [6, 6.07) is 8.41. The first kappa shape index (κ1) is 14.1. The molecule has 2 aromatic rings. The molecule has 1 aromatic carbocycles. The Morgan fingerprint density at radius 3 is 2.95 bits per heavy atom. The fraction of sp³-hybridized carbons (Fsp3) is 0.375. The van der Waals surface area contributed by atoms with Crippen molar-refractivity contribution in [2.75, 3.05) is 11.9 Å². The quantitative estimate of drug-likeness (QED) is 0.922.